The molecule has 18 heavy (non-hydrogen) atoms. The van der Waals surface area contributed by atoms with Gasteiger partial charge in [0, 0.05) is 0 Å². The van der Waals surface area contributed by atoms with E-state index in [-0.39, 0.29) is 17.3 Å². The molecule has 0 aliphatic carbocycles. The third kappa shape index (κ3) is 4.10. The fourth-order valence-electron chi connectivity index (χ4n) is 1.28. The first-order valence-electron chi connectivity index (χ1n) is 5.21. The van der Waals surface area contributed by atoms with Crippen LogP contribution in [0.2, 0.25) is 0 Å². The van der Waals surface area contributed by atoms with Gasteiger partial charge in [0.15, 0.2) is 0 Å². The summed E-state index contributed by atoms with van der Waals surface area (Å²) < 4.78 is 31.8. The number of hydrogen-bond donors (Lipinski definition) is 0. The molecule has 0 saturated carbocycles. The lowest BCUT2D eigenvalue weighted by molar-refractivity contribution is -0.172. The van der Waals surface area contributed by atoms with Crippen LogP contribution in [0.1, 0.15) is 12.5 Å². The fraction of sp³-hybridized carbons (Fsp3) is 0.364. The summed E-state index contributed by atoms with van der Waals surface area (Å²) in [4.78, 5) is 15.3. The Hall–Kier alpha value is -1.44. The Morgan fingerprint density at radius 1 is 1.22 bits per heavy atom. The molecule has 0 radical (unpaired) electrons. The highest BCUT2D eigenvalue weighted by atomic mass is 32.2. The van der Waals surface area contributed by atoms with E-state index < -0.39 is 10.1 Å². The van der Waals surface area contributed by atoms with Crippen LogP contribution in [0.5, 0.6) is 0 Å². The molecule has 7 heteroatoms. The summed E-state index contributed by atoms with van der Waals surface area (Å²) in [5.41, 5.74) is 0.657. The van der Waals surface area contributed by atoms with Crippen LogP contribution >= 0.6 is 0 Å². The molecule has 0 bridgehead atoms. The third-order valence-electron chi connectivity index (χ3n) is 2.02. The molecule has 0 atom stereocenters. The van der Waals surface area contributed by atoms with E-state index in [1.54, 1.807) is 6.92 Å². The summed E-state index contributed by atoms with van der Waals surface area (Å²) >= 11 is 0. The van der Waals surface area contributed by atoms with Gasteiger partial charge >= 0.3 is 16.1 Å². The number of carbonyl (C=O) groups excluding carboxylic acids is 1. The van der Waals surface area contributed by atoms with Gasteiger partial charge in [-0.25, -0.2) is 4.89 Å². The van der Waals surface area contributed by atoms with Crippen LogP contribution in [-0.2, 0) is 35.3 Å². The summed E-state index contributed by atoms with van der Waals surface area (Å²) in [6, 6.07) is 5.71. The average Bonchev–Trinajstić information content (AvgIpc) is 2.30. The van der Waals surface area contributed by atoms with Crippen molar-refractivity contribution in [3.63, 3.8) is 0 Å². The maximum Gasteiger partial charge on any atom is 0.323 e. The van der Waals surface area contributed by atoms with Gasteiger partial charge in [0.05, 0.1) is 25.0 Å². The second-order valence-electron chi connectivity index (χ2n) is 3.31. The molecule has 0 aliphatic rings. The zero-order valence-corrected chi connectivity index (χ0v) is 10.9. The van der Waals surface area contributed by atoms with E-state index >= 15 is 0 Å². The van der Waals surface area contributed by atoms with Crippen molar-refractivity contribution in [3.05, 3.63) is 29.8 Å². The van der Waals surface area contributed by atoms with Crippen molar-refractivity contribution in [1.29, 1.82) is 0 Å². The molecule has 0 N–H and O–H groups in total. The number of rotatable bonds is 6. The van der Waals surface area contributed by atoms with Crippen LogP contribution in [0, 0.1) is 0 Å². The van der Waals surface area contributed by atoms with Crippen molar-refractivity contribution in [2.24, 2.45) is 0 Å². The van der Waals surface area contributed by atoms with Gasteiger partial charge in [0.1, 0.15) is 0 Å². The van der Waals surface area contributed by atoms with Crippen LogP contribution in [0.3, 0.4) is 0 Å². The van der Waals surface area contributed by atoms with Crippen molar-refractivity contribution in [2.45, 2.75) is 18.2 Å². The number of ether oxygens (including phenoxy) is 1. The molecule has 0 spiro atoms. The Morgan fingerprint density at radius 2 is 1.83 bits per heavy atom. The van der Waals surface area contributed by atoms with Gasteiger partial charge in [-0.05, 0) is 24.6 Å². The van der Waals surface area contributed by atoms with Crippen LogP contribution in [-0.4, -0.2) is 28.1 Å². The Kier molecular flexibility index (Phi) is 5.26. The van der Waals surface area contributed by atoms with Crippen LogP contribution in [0.4, 0.5) is 0 Å². The van der Waals surface area contributed by atoms with Gasteiger partial charge < -0.3 is 4.74 Å². The molecule has 0 fully saturated rings. The largest absolute Gasteiger partial charge is 0.466 e. The predicted molar refractivity (Wildman–Crippen MR) is 62.1 cm³/mol. The minimum Gasteiger partial charge on any atom is -0.466 e. The van der Waals surface area contributed by atoms with E-state index in [0.29, 0.717) is 12.2 Å². The topological polar surface area (TPSA) is 78.9 Å². The fourth-order valence-corrected chi connectivity index (χ4v) is 2.01. The number of hydrogen-bond acceptors (Lipinski definition) is 6. The van der Waals surface area contributed by atoms with Gasteiger partial charge in [-0.2, -0.15) is 8.42 Å². The molecule has 0 aliphatic heterocycles. The zero-order chi connectivity index (χ0) is 13.6. The molecule has 1 aromatic carbocycles. The Morgan fingerprint density at radius 3 is 2.33 bits per heavy atom. The highest BCUT2D eigenvalue weighted by Crippen LogP contribution is 2.14. The van der Waals surface area contributed by atoms with E-state index in [2.05, 4.69) is 9.22 Å². The Bertz CT molecular complexity index is 491. The smallest absolute Gasteiger partial charge is 0.323 e. The summed E-state index contributed by atoms with van der Waals surface area (Å²) in [6.45, 7) is 2.03. The minimum atomic E-state index is -3.90. The quantitative estimate of drug-likeness (QED) is 0.438. The summed E-state index contributed by atoms with van der Waals surface area (Å²) in [5.74, 6) is -0.360. The number of esters is 1. The van der Waals surface area contributed by atoms with Gasteiger partial charge in [-0.3, -0.25) is 4.79 Å². The van der Waals surface area contributed by atoms with Gasteiger partial charge in [0.25, 0.3) is 0 Å². The third-order valence-corrected chi connectivity index (χ3v) is 3.19. The minimum absolute atomic E-state index is 0.0445. The number of carbonyl (C=O) groups is 1. The molecule has 0 amide bonds. The van der Waals surface area contributed by atoms with Crippen molar-refractivity contribution >= 4 is 16.1 Å². The molecule has 6 nitrogen and oxygen atoms in total. The lowest BCUT2D eigenvalue weighted by Gasteiger charge is -2.04. The molecule has 0 aromatic heterocycles. The van der Waals surface area contributed by atoms with Gasteiger partial charge in [0.2, 0.25) is 0 Å². The van der Waals surface area contributed by atoms with Crippen molar-refractivity contribution in [2.75, 3.05) is 13.7 Å². The van der Waals surface area contributed by atoms with E-state index in [0.717, 1.165) is 7.11 Å². The Balaban J connectivity index is 2.77. The van der Waals surface area contributed by atoms with Gasteiger partial charge in [-0.1, -0.05) is 12.1 Å². The first-order valence-corrected chi connectivity index (χ1v) is 6.62. The lowest BCUT2D eigenvalue weighted by atomic mass is 10.1. The summed E-state index contributed by atoms with van der Waals surface area (Å²) in [6.07, 6.45) is 0.0965. The average molecular weight is 274 g/mol. The first kappa shape index (κ1) is 14.6. The zero-order valence-electron chi connectivity index (χ0n) is 10.1. The highest BCUT2D eigenvalue weighted by Gasteiger charge is 2.15. The normalized spacial score (nSPS) is 11.2. The van der Waals surface area contributed by atoms with Crippen LogP contribution in [0.15, 0.2) is 29.2 Å². The molecule has 100 valence electrons. The van der Waals surface area contributed by atoms with Gasteiger partial charge in [-0.15, -0.1) is 4.33 Å². The van der Waals surface area contributed by atoms with E-state index in [9.17, 15) is 13.2 Å². The summed E-state index contributed by atoms with van der Waals surface area (Å²) in [5, 5.41) is 0. The van der Waals surface area contributed by atoms with E-state index in [1.165, 1.54) is 24.3 Å². The van der Waals surface area contributed by atoms with E-state index in [1.807, 2.05) is 0 Å². The predicted octanol–water partition coefficient (Wildman–Crippen LogP) is 1.06. The maximum absolute atomic E-state index is 11.4. The van der Waals surface area contributed by atoms with Crippen LogP contribution in [0.25, 0.3) is 0 Å². The molecule has 0 heterocycles. The van der Waals surface area contributed by atoms with E-state index in [4.69, 9.17) is 4.74 Å². The molecular weight excluding hydrogens is 260 g/mol. The molecule has 0 unspecified atom stereocenters. The molecule has 1 aromatic rings. The monoisotopic (exact) mass is 274 g/mol. The first-order chi connectivity index (χ1) is 8.49. The van der Waals surface area contributed by atoms with Crippen molar-refractivity contribution in [3.8, 4) is 0 Å². The summed E-state index contributed by atoms with van der Waals surface area (Å²) in [7, 11) is -2.80. The van der Waals surface area contributed by atoms with Crippen LogP contribution < -0.4 is 0 Å². The second kappa shape index (κ2) is 6.48. The Labute approximate surface area is 106 Å². The SMILES string of the molecule is CCOC(=O)Cc1ccc(S(=O)(=O)OOC)cc1. The lowest BCUT2D eigenvalue weighted by Crippen LogP contribution is -2.08. The van der Waals surface area contributed by atoms with Crippen molar-refractivity contribution < 1.29 is 27.2 Å². The second-order valence-corrected chi connectivity index (χ2v) is 4.83. The molecular formula is C11H14O6S. The number of benzene rings is 1. The maximum atomic E-state index is 11.4. The highest BCUT2D eigenvalue weighted by molar-refractivity contribution is 7.86. The molecule has 0 saturated heterocycles. The van der Waals surface area contributed by atoms with Crippen molar-refractivity contribution in [1.82, 2.24) is 0 Å². The standard InChI is InChI=1S/C11H14O6S/c1-3-16-11(12)8-9-4-6-10(7-5-9)18(13,14)17-15-2/h4-7H,3,8H2,1-2H3. The molecule has 1 rings (SSSR count).